The molecule has 19 heavy (non-hydrogen) atoms. The molecule has 0 spiro atoms. The third-order valence-electron chi connectivity index (χ3n) is 3.11. The van der Waals surface area contributed by atoms with Gasteiger partial charge in [-0.05, 0) is 31.5 Å². The first-order chi connectivity index (χ1) is 8.85. The van der Waals surface area contributed by atoms with E-state index in [9.17, 15) is 8.42 Å². The quantitative estimate of drug-likeness (QED) is 0.774. The molecule has 1 heterocycles. The van der Waals surface area contributed by atoms with E-state index in [4.69, 9.17) is 0 Å². The van der Waals surface area contributed by atoms with E-state index in [1.54, 1.807) is 16.4 Å². The number of hydrogen-bond acceptors (Lipinski definition) is 3. The Morgan fingerprint density at radius 1 is 1.32 bits per heavy atom. The van der Waals surface area contributed by atoms with E-state index in [1.165, 1.54) is 0 Å². The Morgan fingerprint density at radius 2 is 1.95 bits per heavy atom. The van der Waals surface area contributed by atoms with Gasteiger partial charge in [-0.1, -0.05) is 28.1 Å². The predicted molar refractivity (Wildman–Crippen MR) is 84.4 cm³/mol. The lowest BCUT2D eigenvalue weighted by atomic mass is 10.2. The first kappa shape index (κ1) is 15.4. The molecule has 0 radical (unpaired) electrons. The highest BCUT2D eigenvalue weighted by Gasteiger charge is 2.34. The van der Waals surface area contributed by atoms with Gasteiger partial charge in [0.05, 0.1) is 4.90 Å². The minimum absolute atomic E-state index is 0.0128. The van der Waals surface area contributed by atoms with Crippen molar-refractivity contribution in [1.82, 2.24) is 4.31 Å². The van der Waals surface area contributed by atoms with Gasteiger partial charge in [-0.2, -0.15) is 16.1 Å². The van der Waals surface area contributed by atoms with Gasteiger partial charge >= 0.3 is 0 Å². The SMILES string of the molecule is CC1(C)CN(S(=O)(=O)c2ccc(CBr)cc2)CCS1. The molecule has 1 fully saturated rings. The van der Waals surface area contributed by atoms with Crippen LogP contribution in [0.5, 0.6) is 0 Å². The summed E-state index contributed by atoms with van der Waals surface area (Å²) in [5.74, 6) is 0.853. The van der Waals surface area contributed by atoms with Crippen molar-refractivity contribution in [3.8, 4) is 0 Å². The molecule has 6 heteroatoms. The molecule has 0 aliphatic carbocycles. The normalized spacial score (nSPS) is 20.4. The van der Waals surface area contributed by atoms with Gasteiger partial charge in [-0.25, -0.2) is 8.42 Å². The van der Waals surface area contributed by atoms with Crippen molar-refractivity contribution in [2.75, 3.05) is 18.8 Å². The van der Waals surface area contributed by atoms with Crippen molar-refractivity contribution in [1.29, 1.82) is 0 Å². The number of sulfonamides is 1. The third kappa shape index (κ3) is 3.54. The minimum Gasteiger partial charge on any atom is -0.207 e. The van der Waals surface area contributed by atoms with E-state index in [0.29, 0.717) is 18.0 Å². The highest BCUT2D eigenvalue weighted by Crippen LogP contribution is 2.32. The summed E-state index contributed by atoms with van der Waals surface area (Å²) < 4.78 is 26.8. The molecule has 106 valence electrons. The molecule has 0 N–H and O–H groups in total. The molecule has 2 rings (SSSR count). The highest BCUT2D eigenvalue weighted by molar-refractivity contribution is 9.08. The third-order valence-corrected chi connectivity index (χ3v) is 6.91. The Morgan fingerprint density at radius 3 is 2.47 bits per heavy atom. The first-order valence-corrected chi connectivity index (χ1v) is 9.69. The molecule has 0 bridgehead atoms. The molecule has 0 saturated carbocycles. The Balaban J connectivity index is 2.26. The topological polar surface area (TPSA) is 37.4 Å². The second-order valence-corrected chi connectivity index (χ2v) is 9.53. The van der Waals surface area contributed by atoms with Crippen LogP contribution in [0.3, 0.4) is 0 Å². The lowest BCUT2D eigenvalue weighted by molar-refractivity contribution is 0.387. The summed E-state index contributed by atoms with van der Waals surface area (Å²) in [5, 5.41) is 0.737. The van der Waals surface area contributed by atoms with Crippen LogP contribution in [-0.2, 0) is 15.4 Å². The second kappa shape index (κ2) is 5.76. The van der Waals surface area contributed by atoms with Crippen molar-refractivity contribution >= 4 is 37.7 Å². The number of thioether (sulfide) groups is 1. The van der Waals surface area contributed by atoms with Crippen LogP contribution in [0.1, 0.15) is 19.4 Å². The fraction of sp³-hybridized carbons (Fsp3) is 0.538. The fourth-order valence-corrected chi connectivity index (χ4v) is 5.36. The van der Waals surface area contributed by atoms with Crippen LogP contribution in [0.25, 0.3) is 0 Å². The Labute approximate surface area is 127 Å². The van der Waals surface area contributed by atoms with Crippen LogP contribution in [0.2, 0.25) is 0 Å². The van der Waals surface area contributed by atoms with Gasteiger partial charge in [0.15, 0.2) is 0 Å². The molecular formula is C13H18BrNO2S2. The Bertz CT molecular complexity index is 540. The number of benzene rings is 1. The van der Waals surface area contributed by atoms with Crippen LogP contribution < -0.4 is 0 Å². The van der Waals surface area contributed by atoms with E-state index >= 15 is 0 Å². The zero-order valence-electron chi connectivity index (χ0n) is 11.1. The van der Waals surface area contributed by atoms with Crippen LogP contribution in [0.15, 0.2) is 29.2 Å². The van der Waals surface area contributed by atoms with Crippen molar-refractivity contribution in [2.24, 2.45) is 0 Å². The van der Waals surface area contributed by atoms with Crippen LogP contribution in [0, 0.1) is 0 Å². The molecule has 0 atom stereocenters. The number of alkyl halides is 1. The van der Waals surface area contributed by atoms with E-state index < -0.39 is 10.0 Å². The zero-order chi connectivity index (χ0) is 14.1. The summed E-state index contributed by atoms with van der Waals surface area (Å²) in [7, 11) is -3.35. The van der Waals surface area contributed by atoms with Gasteiger partial charge in [-0.3, -0.25) is 0 Å². The van der Waals surface area contributed by atoms with E-state index in [1.807, 2.05) is 23.9 Å². The average molecular weight is 364 g/mol. The molecule has 0 unspecified atom stereocenters. The summed E-state index contributed by atoms with van der Waals surface area (Å²) in [4.78, 5) is 0.389. The van der Waals surface area contributed by atoms with E-state index in [2.05, 4.69) is 29.8 Å². The predicted octanol–water partition coefficient (Wildman–Crippen LogP) is 3.10. The Hall–Kier alpha value is -0.0400. The number of rotatable bonds is 3. The second-order valence-electron chi connectivity index (χ2n) is 5.22. The smallest absolute Gasteiger partial charge is 0.207 e. The zero-order valence-corrected chi connectivity index (χ0v) is 14.3. The summed E-state index contributed by atoms with van der Waals surface area (Å²) >= 11 is 5.19. The minimum atomic E-state index is -3.35. The number of nitrogens with zero attached hydrogens (tertiary/aromatic N) is 1. The van der Waals surface area contributed by atoms with E-state index in [-0.39, 0.29) is 4.75 Å². The van der Waals surface area contributed by atoms with Crippen LogP contribution >= 0.6 is 27.7 Å². The summed E-state index contributed by atoms with van der Waals surface area (Å²) in [5.41, 5.74) is 1.08. The molecule has 3 nitrogen and oxygen atoms in total. The summed E-state index contributed by atoms with van der Waals surface area (Å²) in [6.07, 6.45) is 0. The molecular weight excluding hydrogens is 346 g/mol. The van der Waals surface area contributed by atoms with Crippen molar-refractivity contribution < 1.29 is 8.42 Å². The average Bonchev–Trinajstić information content (AvgIpc) is 2.37. The monoisotopic (exact) mass is 363 g/mol. The fourth-order valence-electron chi connectivity index (χ4n) is 2.08. The first-order valence-electron chi connectivity index (χ1n) is 6.14. The maximum absolute atomic E-state index is 12.6. The van der Waals surface area contributed by atoms with Crippen LogP contribution in [-0.4, -0.2) is 36.3 Å². The van der Waals surface area contributed by atoms with Gasteiger partial charge in [0.25, 0.3) is 0 Å². The molecule has 1 aromatic carbocycles. The summed E-state index contributed by atoms with van der Waals surface area (Å²) in [6, 6.07) is 7.10. The lowest BCUT2D eigenvalue weighted by Crippen LogP contribution is -2.46. The van der Waals surface area contributed by atoms with Gasteiger partial charge in [0.2, 0.25) is 10.0 Å². The molecule has 1 aliphatic rings. The number of hydrogen-bond donors (Lipinski definition) is 0. The molecule has 1 aliphatic heterocycles. The van der Waals surface area contributed by atoms with Crippen molar-refractivity contribution in [3.63, 3.8) is 0 Å². The maximum atomic E-state index is 12.6. The van der Waals surface area contributed by atoms with Gasteiger partial charge in [-0.15, -0.1) is 0 Å². The van der Waals surface area contributed by atoms with E-state index in [0.717, 1.165) is 16.6 Å². The van der Waals surface area contributed by atoms with Crippen LogP contribution in [0.4, 0.5) is 0 Å². The van der Waals surface area contributed by atoms with Gasteiger partial charge < -0.3 is 0 Å². The Kier molecular flexibility index (Phi) is 4.65. The largest absolute Gasteiger partial charge is 0.243 e. The number of halogens is 1. The molecule has 1 saturated heterocycles. The van der Waals surface area contributed by atoms with Gasteiger partial charge in [0.1, 0.15) is 0 Å². The molecule has 1 aromatic rings. The maximum Gasteiger partial charge on any atom is 0.243 e. The molecule has 0 aromatic heterocycles. The van der Waals surface area contributed by atoms with Crippen molar-refractivity contribution in [3.05, 3.63) is 29.8 Å². The summed E-state index contributed by atoms with van der Waals surface area (Å²) in [6.45, 7) is 5.34. The standard InChI is InChI=1S/C13H18BrNO2S2/c1-13(2)10-15(7-8-18-13)19(16,17)12-5-3-11(9-14)4-6-12/h3-6H,7-10H2,1-2H3. The van der Waals surface area contributed by atoms with Crippen molar-refractivity contribution in [2.45, 2.75) is 28.8 Å². The lowest BCUT2D eigenvalue weighted by Gasteiger charge is -2.36. The molecule has 0 amide bonds. The van der Waals surface area contributed by atoms with Gasteiger partial charge in [0, 0.05) is 28.9 Å². The highest BCUT2D eigenvalue weighted by atomic mass is 79.9.